The van der Waals surface area contributed by atoms with Crippen LogP contribution >= 0.6 is 11.6 Å². The number of carbonyl (C=O) groups is 2. The molecule has 1 aliphatic rings. The molecule has 2 aromatic carbocycles. The average molecular weight is 386 g/mol. The summed E-state index contributed by atoms with van der Waals surface area (Å²) in [5, 5.41) is 13.4. The average Bonchev–Trinajstić information content (AvgIpc) is 2.65. The maximum atomic E-state index is 12.5. The van der Waals surface area contributed by atoms with Crippen molar-refractivity contribution in [3.05, 3.63) is 64.2 Å². The van der Waals surface area contributed by atoms with Gasteiger partial charge in [-0.2, -0.15) is 0 Å². The number of hydrogen-bond donors (Lipinski definition) is 2. The predicted molar refractivity (Wildman–Crippen MR) is 106 cm³/mol. The Morgan fingerprint density at radius 1 is 1.04 bits per heavy atom. The summed E-state index contributed by atoms with van der Waals surface area (Å²) in [6.45, 7) is 0. The second-order valence-electron chi connectivity index (χ2n) is 7.17. The van der Waals surface area contributed by atoms with Gasteiger partial charge in [0.25, 0.3) is 5.91 Å². The standard InChI is InChI=1S/C22H24ClNO3/c23-18-9-10-21(26)17(13-18)14-20(25)12-15-5-4-6-16(11-15)22(27)24-19-7-2-1-3-8-19/h4-6,9-11,13,19,26H,1-3,7-8,12,14H2,(H,24,27). The van der Waals surface area contributed by atoms with Gasteiger partial charge in [0.1, 0.15) is 11.5 Å². The lowest BCUT2D eigenvalue weighted by atomic mass is 9.95. The van der Waals surface area contributed by atoms with Gasteiger partial charge in [0.15, 0.2) is 0 Å². The number of rotatable bonds is 6. The number of phenolic OH excluding ortho intramolecular Hbond substituents is 1. The van der Waals surface area contributed by atoms with Crippen molar-refractivity contribution in [1.82, 2.24) is 5.32 Å². The van der Waals surface area contributed by atoms with Crippen LogP contribution in [0.3, 0.4) is 0 Å². The van der Waals surface area contributed by atoms with E-state index in [1.165, 1.54) is 12.5 Å². The Balaban J connectivity index is 1.62. The molecule has 2 N–H and O–H groups in total. The van der Waals surface area contributed by atoms with Crippen LogP contribution in [-0.4, -0.2) is 22.8 Å². The van der Waals surface area contributed by atoms with Crippen molar-refractivity contribution in [2.75, 3.05) is 0 Å². The third-order valence-electron chi connectivity index (χ3n) is 4.96. The molecule has 1 fully saturated rings. The van der Waals surface area contributed by atoms with E-state index in [0.717, 1.165) is 31.2 Å². The molecule has 0 saturated heterocycles. The molecular weight excluding hydrogens is 362 g/mol. The summed E-state index contributed by atoms with van der Waals surface area (Å²) in [4.78, 5) is 24.9. The highest BCUT2D eigenvalue weighted by Gasteiger charge is 2.17. The number of nitrogens with one attached hydrogen (secondary N) is 1. The quantitative estimate of drug-likeness (QED) is 0.771. The summed E-state index contributed by atoms with van der Waals surface area (Å²) >= 11 is 5.93. The van der Waals surface area contributed by atoms with Gasteiger partial charge in [-0.15, -0.1) is 0 Å². The topological polar surface area (TPSA) is 66.4 Å². The van der Waals surface area contributed by atoms with Gasteiger partial charge in [0.05, 0.1) is 0 Å². The van der Waals surface area contributed by atoms with Crippen LogP contribution in [0.5, 0.6) is 5.75 Å². The molecule has 0 aromatic heterocycles. The number of amides is 1. The van der Waals surface area contributed by atoms with Gasteiger partial charge in [-0.05, 0) is 48.7 Å². The van der Waals surface area contributed by atoms with Crippen LogP contribution < -0.4 is 5.32 Å². The van der Waals surface area contributed by atoms with E-state index in [2.05, 4.69) is 5.32 Å². The van der Waals surface area contributed by atoms with Gasteiger partial charge >= 0.3 is 0 Å². The van der Waals surface area contributed by atoms with Crippen molar-refractivity contribution in [3.63, 3.8) is 0 Å². The van der Waals surface area contributed by atoms with Crippen molar-refractivity contribution in [2.45, 2.75) is 51.0 Å². The second-order valence-corrected chi connectivity index (χ2v) is 7.61. The number of halogens is 1. The normalized spacial score (nSPS) is 14.7. The zero-order valence-electron chi connectivity index (χ0n) is 15.2. The summed E-state index contributed by atoms with van der Waals surface area (Å²) in [5.74, 6) is -0.0607. The first-order valence-corrected chi connectivity index (χ1v) is 9.78. The number of benzene rings is 2. The minimum absolute atomic E-state index is 0.0441. The number of Topliss-reactive ketones (excluding diaryl/α,β-unsaturated/α-hetero) is 1. The van der Waals surface area contributed by atoms with Crippen LogP contribution in [0.15, 0.2) is 42.5 Å². The van der Waals surface area contributed by atoms with Crippen molar-refractivity contribution in [3.8, 4) is 5.75 Å². The first kappa shape index (κ1) is 19.4. The predicted octanol–water partition coefficient (Wildman–Crippen LogP) is 4.46. The van der Waals surface area contributed by atoms with Crippen molar-refractivity contribution < 1.29 is 14.7 Å². The molecule has 1 amide bonds. The van der Waals surface area contributed by atoms with E-state index in [4.69, 9.17) is 11.6 Å². The number of phenols is 1. The van der Waals surface area contributed by atoms with Gasteiger partial charge in [-0.25, -0.2) is 0 Å². The smallest absolute Gasteiger partial charge is 0.251 e. The summed E-state index contributed by atoms with van der Waals surface area (Å²) in [7, 11) is 0. The molecule has 3 rings (SSSR count). The molecule has 2 aromatic rings. The van der Waals surface area contributed by atoms with E-state index < -0.39 is 0 Å². The van der Waals surface area contributed by atoms with Gasteiger partial charge in [-0.3, -0.25) is 9.59 Å². The number of carbonyl (C=O) groups excluding carboxylic acids is 2. The zero-order valence-corrected chi connectivity index (χ0v) is 16.0. The second kappa shape index (κ2) is 9.05. The van der Waals surface area contributed by atoms with E-state index >= 15 is 0 Å². The maximum absolute atomic E-state index is 12.5. The van der Waals surface area contributed by atoms with E-state index in [-0.39, 0.29) is 36.3 Å². The maximum Gasteiger partial charge on any atom is 0.251 e. The zero-order chi connectivity index (χ0) is 19.2. The molecule has 5 heteroatoms. The first-order chi connectivity index (χ1) is 13.0. The third-order valence-corrected chi connectivity index (χ3v) is 5.20. The summed E-state index contributed by atoms with van der Waals surface area (Å²) in [5.41, 5.74) is 1.88. The van der Waals surface area contributed by atoms with Crippen molar-refractivity contribution >= 4 is 23.3 Å². The minimum Gasteiger partial charge on any atom is -0.508 e. The summed E-state index contributed by atoms with van der Waals surface area (Å²) < 4.78 is 0. The van der Waals surface area contributed by atoms with E-state index in [1.807, 2.05) is 6.07 Å². The lowest BCUT2D eigenvalue weighted by molar-refractivity contribution is -0.117. The van der Waals surface area contributed by atoms with E-state index in [0.29, 0.717) is 16.1 Å². The molecule has 0 bridgehead atoms. The summed E-state index contributed by atoms with van der Waals surface area (Å²) in [6, 6.07) is 12.1. The lowest BCUT2D eigenvalue weighted by Gasteiger charge is -2.22. The van der Waals surface area contributed by atoms with Gasteiger partial charge in [-0.1, -0.05) is 43.0 Å². The van der Waals surface area contributed by atoms with Gasteiger partial charge in [0, 0.05) is 35.0 Å². The van der Waals surface area contributed by atoms with Crippen molar-refractivity contribution in [1.29, 1.82) is 0 Å². The van der Waals surface area contributed by atoms with Crippen LogP contribution in [0.2, 0.25) is 5.02 Å². The number of ketones is 1. The monoisotopic (exact) mass is 385 g/mol. The van der Waals surface area contributed by atoms with Crippen LogP contribution in [0, 0.1) is 0 Å². The highest BCUT2D eigenvalue weighted by atomic mass is 35.5. The molecule has 27 heavy (non-hydrogen) atoms. The molecular formula is C22H24ClNO3. The SMILES string of the molecule is O=C(Cc1cccc(C(=O)NC2CCCCC2)c1)Cc1cc(Cl)ccc1O. The van der Waals surface area contributed by atoms with Crippen LogP contribution in [0.25, 0.3) is 0 Å². The molecule has 1 saturated carbocycles. The Bertz CT molecular complexity index is 828. The molecule has 4 nitrogen and oxygen atoms in total. The summed E-state index contributed by atoms with van der Waals surface area (Å²) in [6.07, 6.45) is 5.94. The molecule has 0 aliphatic heterocycles. The van der Waals surface area contributed by atoms with Crippen LogP contribution in [0.4, 0.5) is 0 Å². The molecule has 0 spiro atoms. The fourth-order valence-electron chi connectivity index (χ4n) is 3.54. The highest BCUT2D eigenvalue weighted by molar-refractivity contribution is 6.30. The van der Waals surface area contributed by atoms with Crippen molar-refractivity contribution in [2.24, 2.45) is 0 Å². The fourth-order valence-corrected chi connectivity index (χ4v) is 3.73. The van der Waals surface area contributed by atoms with E-state index in [1.54, 1.807) is 30.3 Å². The lowest BCUT2D eigenvalue weighted by Crippen LogP contribution is -2.36. The molecule has 0 radical (unpaired) electrons. The van der Waals surface area contributed by atoms with E-state index in [9.17, 15) is 14.7 Å². The molecule has 1 aliphatic carbocycles. The van der Waals surface area contributed by atoms with Crippen LogP contribution in [0.1, 0.15) is 53.6 Å². The Labute approximate surface area is 164 Å². The largest absolute Gasteiger partial charge is 0.508 e. The first-order valence-electron chi connectivity index (χ1n) is 9.40. The molecule has 142 valence electrons. The Kier molecular flexibility index (Phi) is 6.51. The Morgan fingerprint density at radius 3 is 2.59 bits per heavy atom. The number of hydrogen-bond acceptors (Lipinski definition) is 3. The molecule has 0 atom stereocenters. The molecule has 0 heterocycles. The fraction of sp³-hybridized carbons (Fsp3) is 0.364. The van der Waals surface area contributed by atoms with Crippen LogP contribution in [-0.2, 0) is 17.6 Å². The highest BCUT2D eigenvalue weighted by Crippen LogP contribution is 2.23. The Hall–Kier alpha value is -2.33. The minimum atomic E-state index is -0.0799. The molecule has 0 unspecified atom stereocenters. The third kappa shape index (κ3) is 5.57. The number of aromatic hydroxyl groups is 1. The van der Waals surface area contributed by atoms with Gasteiger partial charge in [0.2, 0.25) is 0 Å². The Morgan fingerprint density at radius 2 is 1.81 bits per heavy atom. The van der Waals surface area contributed by atoms with Gasteiger partial charge < -0.3 is 10.4 Å².